The molecule has 3 aromatic heterocycles. The summed E-state index contributed by atoms with van der Waals surface area (Å²) in [5.74, 6) is -0.236. The van der Waals surface area contributed by atoms with Gasteiger partial charge in [0.1, 0.15) is 22.1 Å². The Morgan fingerprint density at radius 2 is 1.88 bits per heavy atom. The number of hydrogen-bond donors (Lipinski definition) is 1. The molecular weight excluding hydrogens is 577 g/mol. The van der Waals surface area contributed by atoms with Gasteiger partial charge in [-0.05, 0) is 56.7 Å². The van der Waals surface area contributed by atoms with Crippen LogP contribution in [0.1, 0.15) is 65.4 Å². The summed E-state index contributed by atoms with van der Waals surface area (Å²) in [6.07, 6.45) is 0.210. The number of ether oxygens (including phenoxy) is 2. The van der Waals surface area contributed by atoms with Gasteiger partial charge in [0.05, 0.1) is 18.3 Å². The molecule has 1 aromatic carbocycles. The van der Waals surface area contributed by atoms with Gasteiger partial charge in [0.25, 0.3) is 5.89 Å². The third-order valence-corrected chi connectivity index (χ3v) is 8.90. The van der Waals surface area contributed by atoms with Gasteiger partial charge in [0, 0.05) is 34.5 Å². The third-order valence-electron chi connectivity index (χ3n) is 7.98. The van der Waals surface area contributed by atoms with Crippen molar-refractivity contribution < 1.29 is 41.5 Å². The molecule has 220 valence electrons. The van der Waals surface area contributed by atoms with Crippen molar-refractivity contribution in [1.82, 2.24) is 15.4 Å². The zero-order valence-electron chi connectivity index (χ0n) is 22.0. The number of alkyl halides is 3. The maximum Gasteiger partial charge on any atom is 0.573 e. The lowest BCUT2D eigenvalue weighted by Crippen LogP contribution is -2.45. The molecule has 10 nitrogen and oxygen atoms in total. The molecule has 4 aromatic rings. The van der Waals surface area contributed by atoms with Crippen LogP contribution in [0.5, 0.6) is 5.75 Å². The van der Waals surface area contributed by atoms with Crippen molar-refractivity contribution in [3.63, 3.8) is 0 Å². The van der Waals surface area contributed by atoms with Gasteiger partial charge in [-0.25, -0.2) is 4.79 Å². The molecule has 0 unspecified atom stereocenters. The van der Waals surface area contributed by atoms with Crippen LogP contribution < -0.4 is 9.64 Å². The fourth-order valence-corrected chi connectivity index (χ4v) is 6.71. The SMILES string of the molecule is O=C(O)c1cc(-c2nnc(N3[C@@H]4CC[C@H]3C[C@@H](OCc3c(-c5ccccc5OC(F)(F)F)noc3C3CC3)C4)o2)cs1. The summed E-state index contributed by atoms with van der Waals surface area (Å²) in [4.78, 5) is 13.6. The van der Waals surface area contributed by atoms with E-state index in [1.165, 1.54) is 24.3 Å². The van der Waals surface area contributed by atoms with Gasteiger partial charge in [-0.15, -0.1) is 29.6 Å². The number of nitrogens with zero attached hydrogens (tertiary/aromatic N) is 4. The second-order valence-corrected chi connectivity index (χ2v) is 11.7. The summed E-state index contributed by atoms with van der Waals surface area (Å²) in [5.41, 5.74) is 1.73. The Kier molecular flexibility index (Phi) is 6.69. The number of aromatic nitrogens is 3. The molecule has 1 N–H and O–H groups in total. The summed E-state index contributed by atoms with van der Waals surface area (Å²) < 4.78 is 61.6. The van der Waals surface area contributed by atoms with Crippen LogP contribution in [0.4, 0.5) is 19.2 Å². The number of carboxylic acids is 1. The van der Waals surface area contributed by atoms with Crippen LogP contribution in [0.15, 0.2) is 44.7 Å². The molecule has 0 amide bonds. The molecule has 7 rings (SSSR count). The number of aromatic carboxylic acids is 1. The van der Waals surface area contributed by atoms with E-state index < -0.39 is 12.3 Å². The third kappa shape index (κ3) is 5.24. The topological polar surface area (TPSA) is 124 Å². The van der Waals surface area contributed by atoms with Crippen molar-refractivity contribution in [3.05, 3.63) is 51.9 Å². The van der Waals surface area contributed by atoms with E-state index in [2.05, 4.69) is 25.0 Å². The minimum absolute atomic E-state index is 0.0902. The van der Waals surface area contributed by atoms with Crippen LogP contribution >= 0.6 is 11.3 Å². The lowest BCUT2D eigenvalue weighted by molar-refractivity contribution is -0.274. The fourth-order valence-electron chi connectivity index (χ4n) is 5.99. The van der Waals surface area contributed by atoms with Crippen molar-refractivity contribution >= 4 is 23.3 Å². The number of piperidine rings is 1. The van der Waals surface area contributed by atoms with Gasteiger partial charge in [-0.2, -0.15) is 0 Å². The summed E-state index contributed by atoms with van der Waals surface area (Å²) in [5, 5.41) is 23.4. The first-order valence-corrected chi connectivity index (χ1v) is 14.5. The zero-order chi connectivity index (χ0) is 29.0. The Labute approximate surface area is 241 Å². The van der Waals surface area contributed by atoms with E-state index in [9.17, 15) is 23.1 Å². The second kappa shape index (κ2) is 10.4. The fraction of sp³-hybridized carbons (Fsp3) is 0.429. The van der Waals surface area contributed by atoms with Crippen molar-refractivity contribution in [1.29, 1.82) is 0 Å². The van der Waals surface area contributed by atoms with E-state index in [-0.39, 0.29) is 52.8 Å². The predicted octanol–water partition coefficient (Wildman–Crippen LogP) is 6.64. The Morgan fingerprint density at radius 3 is 2.57 bits per heavy atom. The van der Waals surface area contributed by atoms with Gasteiger partial charge in [0.15, 0.2) is 0 Å². The minimum atomic E-state index is -4.84. The molecule has 5 heterocycles. The van der Waals surface area contributed by atoms with Crippen LogP contribution in [0.2, 0.25) is 0 Å². The molecule has 1 saturated carbocycles. The second-order valence-electron chi connectivity index (χ2n) is 10.8. The molecule has 2 saturated heterocycles. The van der Waals surface area contributed by atoms with Crippen LogP contribution in [-0.2, 0) is 11.3 Å². The highest BCUT2D eigenvalue weighted by atomic mass is 32.1. The number of anilines is 1. The number of hydrogen-bond acceptors (Lipinski definition) is 10. The Bertz CT molecular complexity index is 1600. The molecule has 0 radical (unpaired) electrons. The molecule has 42 heavy (non-hydrogen) atoms. The number of fused-ring (bicyclic) bond motifs is 2. The summed E-state index contributed by atoms with van der Waals surface area (Å²) in [6, 6.07) is 8.06. The Balaban J connectivity index is 1.07. The molecule has 2 aliphatic heterocycles. The van der Waals surface area contributed by atoms with Crippen molar-refractivity contribution in [3.8, 4) is 28.5 Å². The van der Waals surface area contributed by atoms with Crippen molar-refractivity contribution in [2.45, 2.75) is 75.6 Å². The van der Waals surface area contributed by atoms with E-state index in [1.807, 2.05) is 0 Å². The minimum Gasteiger partial charge on any atom is -0.477 e. The first-order valence-electron chi connectivity index (χ1n) is 13.6. The highest BCUT2D eigenvalue weighted by Crippen LogP contribution is 2.46. The van der Waals surface area contributed by atoms with E-state index in [0.29, 0.717) is 41.4 Å². The van der Waals surface area contributed by atoms with Crippen LogP contribution in [0.3, 0.4) is 0 Å². The summed E-state index contributed by atoms with van der Waals surface area (Å²) in [6.45, 7) is 0.157. The number of benzene rings is 1. The maximum absolute atomic E-state index is 13.1. The smallest absolute Gasteiger partial charge is 0.477 e. The molecule has 3 aliphatic rings. The number of para-hydroxylation sites is 1. The molecule has 3 fully saturated rings. The number of thiophene rings is 1. The van der Waals surface area contributed by atoms with Gasteiger partial charge in [0.2, 0.25) is 0 Å². The van der Waals surface area contributed by atoms with Gasteiger partial charge in [-0.3, -0.25) is 0 Å². The Morgan fingerprint density at radius 1 is 1.12 bits per heavy atom. The zero-order valence-corrected chi connectivity index (χ0v) is 22.9. The predicted molar refractivity (Wildman–Crippen MR) is 142 cm³/mol. The van der Waals surface area contributed by atoms with E-state index in [4.69, 9.17) is 13.7 Å². The van der Waals surface area contributed by atoms with E-state index in [0.717, 1.165) is 37.0 Å². The van der Waals surface area contributed by atoms with E-state index >= 15 is 0 Å². The number of halogens is 3. The standard InChI is InChI=1S/C28H25F3N4O6S/c29-28(30,31)40-21-4-2-1-3-19(21)23-20(24(41-34-23)14-5-6-14)12-38-18-10-16-7-8-17(11-18)35(16)27-33-32-25(39-27)15-9-22(26(36)37)42-13-15/h1-4,9,13-14,16-18H,5-8,10-12H2,(H,36,37)/t16-,17+,18+. The van der Waals surface area contributed by atoms with E-state index in [1.54, 1.807) is 11.4 Å². The molecule has 3 atom stereocenters. The van der Waals surface area contributed by atoms with Crippen molar-refractivity contribution in [2.75, 3.05) is 4.90 Å². The highest BCUT2D eigenvalue weighted by molar-refractivity contribution is 7.12. The average Bonchev–Trinajstić information content (AvgIpc) is 3.29. The highest BCUT2D eigenvalue weighted by Gasteiger charge is 2.44. The van der Waals surface area contributed by atoms with Gasteiger partial charge >= 0.3 is 18.3 Å². The molecular formula is C28H25F3N4O6S. The lowest BCUT2D eigenvalue weighted by Gasteiger charge is -2.37. The maximum atomic E-state index is 13.1. The van der Waals surface area contributed by atoms with Gasteiger partial charge in [-0.1, -0.05) is 22.4 Å². The normalized spacial score (nSPS) is 22.1. The van der Waals surface area contributed by atoms with Crippen molar-refractivity contribution in [2.24, 2.45) is 0 Å². The number of carboxylic acid groups (broad SMARTS) is 1. The monoisotopic (exact) mass is 602 g/mol. The van der Waals surface area contributed by atoms with Crippen LogP contribution in [-0.4, -0.2) is 51.0 Å². The number of carbonyl (C=O) groups is 1. The largest absolute Gasteiger partial charge is 0.573 e. The quantitative estimate of drug-likeness (QED) is 0.223. The first kappa shape index (κ1) is 27.0. The summed E-state index contributed by atoms with van der Waals surface area (Å²) in [7, 11) is 0. The lowest BCUT2D eigenvalue weighted by atomic mass is 9.99. The van der Waals surface area contributed by atoms with Gasteiger partial charge < -0.3 is 28.4 Å². The van der Waals surface area contributed by atoms with Crippen LogP contribution in [0, 0.1) is 0 Å². The van der Waals surface area contributed by atoms with Crippen LogP contribution in [0.25, 0.3) is 22.7 Å². The summed E-state index contributed by atoms with van der Waals surface area (Å²) >= 11 is 1.10. The first-order chi connectivity index (χ1) is 20.2. The Hall–Kier alpha value is -3.91. The average molecular weight is 603 g/mol. The molecule has 2 bridgehead atoms. The molecule has 14 heteroatoms. The molecule has 1 aliphatic carbocycles. The molecule has 0 spiro atoms. The number of rotatable bonds is 9.